The van der Waals surface area contributed by atoms with Gasteiger partial charge in [0.15, 0.2) is 17.3 Å². The molecule has 3 aromatic rings. The van der Waals surface area contributed by atoms with Crippen molar-refractivity contribution in [2.24, 2.45) is 0 Å². The number of carbonyl (C=O) groups excluding carboxylic acids is 1. The highest BCUT2D eigenvalue weighted by Crippen LogP contribution is 2.50. The van der Waals surface area contributed by atoms with Crippen molar-refractivity contribution in [1.29, 1.82) is 0 Å². The molecular weight excluding hydrogens is 390 g/mol. The van der Waals surface area contributed by atoms with Crippen LogP contribution < -0.4 is 19.5 Å². The molecule has 0 saturated carbocycles. The van der Waals surface area contributed by atoms with Gasteiger partial charge < -0.3 is 19.5 Å². The normalized spacial score (nSPS) is 15.8. The molecule has 1 N–H and O–H groups in total. The molecule has 0 unspecified atom stereocenters. The van der Waals surface area contributed by atoms with E-state index >= 15 is 0 Å². The van der Waals surface area contributed by atoms with Crippen molar-refractivity contribution in [3.8, 4) is 22.9 Å². The number of thioether (sulfide) groups is 1. The molecule has 29 heavy (non-hydrogen) atoms. The number of methoxy groups -OCH3 is 3. The maximum absolute atomic E-state index is 12.3. The summed E-state index contributed by atoms with van der Waals surface area (Å²) in [5.74, 6) is 2.43. The van der Waals surface area contributed by atoms with E-state index in [1.165, 1.54) is 11.8 Å². The summed E-state index contributed by atoms with van der Waals surface area (Å²) in [6, 6.07) is 13.7. The summed E-state index contributed by atoms with van der Waals surface area (Å²) >= 11 is 1.51. The molecule has 1 aromatic heterocycles. The van der Waals surface area contributed by atoms with Crippen molar-refractivity contribution in [2.75, 3.05) is 32.4 Å². The fraction of sp³-hybridized carbons (Fsp3) is 0.238. The smallest absolute Gasteiger partial charge is 0.235 e. The monoisotopic (exact) mass is 411 g/mol. The van der Waals surface area contributed by atoms with E-state index in [4.69, 9.17) is 14.2 Å². The Morgan fingerprint density at radius 3 is 2.48 bits per heavy atom. The van der Waals surface area contributed by atoms with Crippen LogP contribution in [0.4, 0.5) is 5.82 Å². The van der Waals surface area contributed by atoms with Crippen molar-refractivity contribution in [2.45, 2.75) is 5.25 Å². The van der Waals surface area contributed by atoms with Crippen LogP contribution in [0, 0.1) is 0 Å². The zero-order valence-corrected chi connectivity index (χ0v) is 17.2. The number of anilines is 1. The van der Waals surface area contributed by atoms with Gasteiger partial charge in [-0.2, -0.15) is 0 Å². The summed E-state index contributed by atoms with van der Waals surface area (Å²) in [6.07, 6.45) is 1.73. The van der Waals surface area contributed by atoms with E-state index in [0.717, 1.165) is 16.9 Å². The standard InChI is InChI=1S/C21H21N3O4S/c1-26-15-10-9-14(18(27-2)19(15)28-3)20-17-21(23-16(25)11-29-20)22-12-24(17)13-7-5-4-6-8-13/h4-10,12,20H,11H2,1-3H3,(H,23,25)/t20-/m0/s1. The molecule has 7 nitrogen and oxygen atoms in total. The number of ether oxygens (including phenoxy) is 3. The van der Waals surface area contributed by atoms with E-state index in [9.17, 15) is 4.79 Å². The van der Waals surface area contributed by atoms with Crippen molar-refractivity contribution < 1.29 is 19.0 Å². The number of amides is 1. The third-order valence-corrected chi connectivity index (χ3v) is 5.98. The molecule has 1 aliphatic rings. The molecule has 8 heteroatoms. The van der Waals surface area contributed by atoms with Gasteiger partial charge in [0, 0.05) is 11.3 Å². The lowest BCUT2D eigenvalue weighted by molar-refractivity contribution is -0.113. The van der Waals surface area contributed by atoms with E-state index in [2.05, 4.69) is 10.3 Å². The van der Waals surface area contributed by atoms with Crippen LogP contribution in [0.3, 0.4) is 0 Å². The van der Waals surface area contributed by atoms with Gasteiger partial charge in [0.2, 0.25) is 11.7 Å². The van der Waals surface area contributed by atoms with Crippen LogP contribution in [0.1, 0.15) is 16.5 Å². The van der Waals surface area contributed by atoms with E-state index in [-0.39, 0.29) is 11.2 Å². The number of nitrogens with zero attached hydrogens (tertiary/aromatic N) is 2. The minimum Gasteiger partial charge on any atom is -0.493 e. The lowest BCUT2D eigenvalue weighted by Crippen LogP contribution is -2.12. The summed E-state index contributed by atoms with van der Waals surface area (Å²) in [7, 11) is 4.76. The van der Waals surface area contributed by atoms with Gasteiger partial charge in [0.1, 0.15) is 6.33 Å². The first-order valence-electron chi connectivity index (χ1n) is 9.01. The van der Waals surface area contributed by atoms with Crippen LogP contribution >= 0.6 is 11.8 Å². The molecule has 1 amide bonds. The van der Waals surface area contributed by atoms with E-state index in [1.807, 2.05) is 47.0 Å². The summed E-state index contributed by atoms with van der Waals surface area (Å²) in [6.45, 7) is 0. The summed E-state index contributed by atoms with van der Waals surface area (Å²) in [4.78, 5) is 16.8. The quantitative estimate of drug-likeness (QED) is 0.691. The highest BCUT2D eigenvalue weighted by atomic mass is 32.2. The van der Waals surface area contributed by atoms with Crippen molar-refractivity contribution >= 4 is 23.5 Å². The molecule has 0 radical (unpaired) electrons. The zero-order valence-electron chi connectivity index (χ0n) is 16.3. The van der Waals surface area contributed by atoms with Crippen LogP contribution in [0.15, 0.2) is 48.8 Å². The topological polar surface area (TPSA) is 74.6 Å². The van der Waals surface area contributed by atoms with Gasteiger partial charge in [-0.3, -0.25) is 9.36 Å². The van der Waals surface area contributed by atoms with Gasteiger partial charge in [-0.1, -0.05) is 18.2 Å². The fourth-order valence-corrected chi connectivity index (χ4v) is 4.61. The minimum absolute atomic E-state index is 0.0866. The molecule has 0 bridgehead atoms. The molecule has 0 saturated heterocycles. The van der Waals surface area contributed by atoms with Gasteiger partial charge in [-0.25, -0.2) is 4.98 Å². The van der Waals surface area contributed by atoms with Gasteiger partial charge in [0.25, 0.3) is 0 Å². The largest absolute Gasteiger partial charge is 0.493 e. The number of nitrogens with one attached hydrogen (secondary N) is 1. The Balaban J connectivity index is 1.93. The lowest BCUT2D eigenvalue weighted by Gasteiger charge is -2.22. The SMILES string of the molecule is COc1ccc([C@@H]2SCC(=O)Nc3ncn(-c4ccccc4)c32)c(OC)c1OC. The average molecular weight is 411 g/mol. The number of fused-ring (bicyclic) bond motifs is 1. The van der Waals surface area contributed by atoms with E-state index in [1.54, 1.807) is 27.7 Å². The number of para-hydroxylation sites is 1. The van der Waals surface area contributed by atoms with Crippen LogP contribution in [0.2, 0.25) is 0 Å². The molecule has 0 aliphatic carbocycles. The number of imidazole rings is 1. The van der Waals surface area contributed by atoms with Crippen molar-refractivity contribution in [3.05, 3.63) is 60.0 Å². The Hall–Kier alpha value is -3.13. The first kappa shape index (κ1) is 19.2. The van der Waals surface area contributed by atoms with Gasteiger partial charge >= 0.3 is 0 Å². The van der Waals surface area contributed by atoms with Crippen LogP contribution in [-0.4, -0.2) is 42.5 Å². The first-order valence-corrected chi connectivity index (χ1v) is 10.1. The maximum atomic E-state index is 12.3. The van der Waals surface area contributed by atoms with Crippen LogP contribution in [-0.2, 0) is 4.79 Å². The third-order valence-electron chi connectivity index (χ3n) is 4.74. The Bertz CT molecular complexity index is 1040. The number of rotatable bonds is 5. The highest BCUT2D eigenvalue weighted by molar-refractivity contribution is 8.00. The Morgan fingerprint density at radius 2 is 1.79 bits per heavy atom. The molecule has 0 fully saturated rings. The predicted octanol–water partition coefficient (Wildman–Crippen LogP) is 3.67. The number of carbonyl (C=O) groups is 1. The zero-order chi connectivity index (χ0) is 20.4. The fourth-order valence-electron chi connectivity index (χ4n) is 3.47. The lowest BCUT2D eigenvalue weighted by atomic mass is 10.1. The minimum atomic E-state index is -0.207. The number of aromatic nitrogens is 2. The van der Waals surface area contributed by atoms with Crippen molar-refractivity contribution in [1.82, 2.24) is 9.55 Å². The molecular formula is C21H21N3O4S. The summed E-state index contributed by atoms with van der Waals surface area (Å²) in [5.41, 5.74) is 2.71. The van der Waals surface area contributed by atoms with Gasteiger partial charge in [0.05, 0.1) is 38.0 Å². The average Bonchev–Trinajstić information content (AvgIpc) is 3.09. The highest BCUT2D eigenvalue weighted by Gasteiger charge is 2.32. The number of benzene rings is 2. The van der Waals surface area contributed by atoms with Crippen molar-refractivity contribution in [3.63, 3.8) is 0 Å². The molecule has 4 rings (SSSR count). The second-order valence-corrected chi connectivity index (χ2v) is 7.44. The maximum Gasteiger partial charge on any atom is 0.235 e. The van der Waals surface area contributed by atoms with Gasteiger partial charge in [-0.15, -0.1) is 11.8 Å². The van der Waals surface area contributed by atoms with Crippen LogP contribution in [0.25, 0.3) is 5.69 Å². The molecule has 1 aliphatic heterocycles. The summed E-state index contributed by atoms with van der Waals surface area (Å²) in [5, 5.41) is 2.71. The number of hydrogen-bond donors (Lipinski definition) is 1. The van der Waals surface area contributed by atoms with Gasteiger partial charge in [-0.05, 0) is 24.3 Å². The Morgan fingerprint density at radius 1 is 1.03 bits per heavy atom. The van der Waals surface area contributed by atoms with E-state index < -0.39 is 0 Å². The van der Waals surface area contributed by atoms with Crippen LogP contribution in [0.5, 0.6) is 17.2 Å². The summed E-state index contributed by atoms with van der Waals surface area (Å²) < 4.78 is 18.7. The first-order chi connectivity index (χ1) is 14.2. The molecule has 2 heterocycles. The second-order valence-electron chi connectivity index (χ2n) is 6.35. The molecule has 1 atom stereocenters. The third kappa shape index (κ3) is 3.40. The second kappa shape index (κ2) is 8.08. The van der Waals surface area contributed by atoms with E-state index in [0.29, 0.717) is 28.8 Å². The Labute approximate surface area is 173 Å². The molecule has 150 valence electrons. The molecule has 2 aromatic carbocycles. The number of hydrogen-bond acceptors (Lipinski definition) is 6. The Kier molecular flexibility index (Phi) is 5.35. The molecule has 0 spiro atoms. The predicted molar refractivity (Wildman–Crippen MR) is 113 cm³/mol.